The number of aliphatic hydroxyl groups is 4. The number of nitrogens with one attached hydrogen (secondary N) is 3. The first-order valence-corrected chi connectivity index (χ1v) is 23.2. The Kier molecular flexibility index (Phi) is 15.1. The zero-order valence-electron chi connectivity index (χ0n) is 36.3. The molecule has 1 aliphatic heterocycles. The molecule has 2 saturated carbocycles. The van der Waals surface area contributed by atoms with Gasteiger partial charge in [0, 0.05) is 43.2 Å². The van der Waals surface area contributed by atoms with Gasteiger partial charge < -0.3 is 62.2 Å². The van der Waals surface area contributed by atoms with Gasteiger partial charge in [0.25, 0.3) is 0 Å². The number of carboxylic acids is 1. The van der Waals surface area contributed by atoms with Crippen LogP contribution in [0.25, 0.3) is 10.8 Å². The summed E-state index contributed by atoms with van der Waals surface area (Å²) in [5.74, 6) is -0.777. The predicted molar refractivity (Wildman–Crippen MR) is 243 cm³/mol. The molecule has 0 amide bonds. The number of H-pyrrole nitrogens is 1. The van der Waals surface area contributed by atoms with Gasteiger partial charge in [-0.15, -0.1) is 0 Å². The lowest BCUT2D eigenvalue weighted by molar-refractivity contribution is -0.227. The van der Waals surface area contributed by atoms with E-state index in [1.54, 1.807) is 6.20 Å². The number of guanidine groups is 1. The number of aldehydes is 2. The number of nitrogens with zero attached hydrogens (tertiary/aromatic N) is 1. The van der Waals surface area contributed by atoms with Gasteiger partial charge in [0.15, 0.2) is 5.96 Å². The maximum absolute atomic E-state index is 12.9. The van der Waals surface area contributed by atoms with Crippen LogP contribution in [0.15, 0.2) is 65.3 Å². The van der Waals surface area contributed by atoms with Crippen LogP contribution >= 0.6 is 0 Å². The minimum atomic E-state index is -1.77. The average Bonchev–Trinajstić information content (AvgIpc) is 3.96. The molecule has 0 radical (unpaired) electrons. The first-order chi connectivity index (χ1) is 30.4. The number of carboxylic acid groups (broad SMARTS) is 1. The second-order valence-electron chi connectivity index (χ2n) is 19.0. The number of hydrogen-bond donors (Lipinski definition) is 10. The number of hydrogen-bond acceptors (Lipinski definition) is 12. The largest absolute Gasteiger partial charge is 0.478 e. The van der Waals surface area contributed by atoms with Crippen molar-refractivity contribution in [2.75, 3.05) is 11.9 Å². The summed E-state index contributed by atoms with van der Waals surface area (Å²) in [6, 6.07) is 12.3. The van der Waals surface area contributed by atoms with Crippen LogP contribution in [0.2, 0.25) is 0 Å². The lowest BCUT2D eigenvalue weighted by atomic mass is 9.62. The van der Waals surface area contributed by atoms with Crippen molar-refractivity contribution in [3.63, 3.8) is 0 Å². The van der Waals surface area contributed by atoms with E-state index in [4.69, 9.17) is 16.5 Å². The molecule has 2 fully saturated rings. The fraction of sp³-hybridized carbons (Fsp3) is 0.592. The average molecular weight is 869 g/mol. The monoisotopic (exact) mass is 869 g/mol. The van der Waals surface area contributed by atoms with E-state index in [0.717, 1.165) is 73.9 Å². The highest BCUT2D eigenvalue weighted by Crippen LogP contribution is 2.50. The van der Waals surface area contributed by atoms with E-state index in [2.05, 4.69) is 39.9 Å². The molecule has 12 N–H and O–H groups in total. The number of rotatable bonds is 21. The number of benzene rings is 2. The first-order valence-electron chi connectivity index (χ1n) is 23.2. The van der Waals surface area contributed by atoms with Crippen molar-refractivity contribution in [2.45, 2.75) is 157 Å². The van der Waals surface area contributed by atoms with E-state index in [0.29, 0.717) is 69.2 Å². The van der Waals surface area contributed by atoms with Crippen molar-refractivity contribution in [2.24, 2.45) is 34.2 Å². The van der Waals surface area contributed by atoms with Gasteiger partial charge in [-0.1, -0.05) is 49.6 Å². The Morgan fingerprint density at radius 2 is 1.81 bits per heavy atom. The Morgan fingerprint density at radius 3 is 2.52 bits per heavy atom. The van der Waals surface area contributed by atoms with Gasteiger partial charge in [0.05, 0.1) is 23.7 Å². The third-order valence-electron chi connectivity index (χ3n) is 15.0. The molecule has 342 valence electrons. The zero-order chi connectivity index (χ0) is 44.7. The Bertz CT molecular complexity index is 2100. The van der Waals surface area contributed by atoms with Gasteiger partial charge in [-0.05, 0) is 140 Å². The fourth-order valence-corrected chi connectivity index (χ4v) is 11.7. The zero-order valence-corrected chi connectivity index (χ0v) is 36.3. The molecule has 4 aliphatic rings. The van der Waals surface area contributed by atoms with Crippen molar-refractivity contribution in [1.82, 2.24) is 10.3 Å². The van der Waals surface area contributed by atoms with Gasteiger partial charge >= 0.3 is 5.97 Å². The van der Waals surface area contributed by atoms with Gasteiger partial charge in [0.2, 0.25) is 0 Å². The lowest BCUT2D eigenvalue weighted by Gasteiger charge is -2.54. The molecule has 3 aromatic rings. The number of anilines is 1. The highest BCUT2D eigenvalue weighted by atomic mass is 16.4. The Morgan fingerprint density at radius 1 is 1.00 bits per heavy atom. The molecular weight excluding hydrogens is 801 g/mol. The van der Waals surface area contributed by atoms with Crippen molar-refractivity contribution >= 4 is 41.1 Å². The quantitative estimate of drug-likeness (QED) is 0.0514. The minimum absolute atomic E-state index is 0.0346. The third kappa shape index (κ3) is 10.4. The number of carbonyl (C=O) groups excluding carboxylic acids is 2. The molecule has 10 atom stereocenters. The first kappa shape index (κ1) is 46.4. The van der Waals surface area contributed by atoms with Crippen molar-refractivity contribution < 1.29 is 39.9 Å². The van der Waals surface area contributed by atoms with Crippen LogP contribution in [0.1, 0.15) is 119 Å². The molecule has 14 heteroatoms. The van der Waals surface area contributed by atoms with Gasteiger partial charge in [-0.25, -0.2) is 9.79 Å². The van der Waals surface area contributed by atoms with Crippen molar-refractivity contribution in [3.05, 3.63) is 77.0 Å². The Labute approximate surface area is 370 Å². The second kappa shape index (κ2) is 20.5. The number of aliphatic carboxylic acids is 1. The van der Waals surface area contributed by atoms with Crippen LogP contribution in [-0.4, -0.2) is 103 Å². The summed E-state index contributed by atoms with van der Waals surface area (Å²) in [4.78, 5) is 44.2. The van der Waals surface area contributed by atoms with E-state index in [1.807, 2.05) is 18.2 Å². The maximum Gasteiger partial charge on any atom is 0.328 e. The summed E-state index contributed by atoms with van der Waals surface area (Å²) in [6.07, 6.45) is 13.9. The van der Waals surface area contributed by atoms with Crippen LogP contribution in [0.3, 0.4) is 0 Å². The molecule has 1 aromatic heterocycles. The van der Waals surface area contributed by atoms with E-state index in [-0.39, 0.29) is 42.8 Å². The Balaban J connectivity index is 1.21. The van der Waals surface area contributed by atoms with Crippen LogP contribution in [0.4, 0.5) is 5.82 Å². The molecular formula is C49H68N6O8. The second-order valence-corrected chi connectivity index (χ2v) is 19.0. The number of aromatic nitrogens is 1. The minimum Gasteiger partial charge on any atom is -0.478 e. The Hall–Kier alpha value is -4.60. The van der Waals surface area contributed by atoms with Crippen molar-refractivity contribution in [1.29, 1.82) is 0 Å². The van der Waals surface area contributed by atoms with E-state index in [1.165, 1.54) is 17.2 Å². The van der Waals surface area contributed by atoms with Crippen LogP contribution in [-0.2, 0) is 27.2 Å². The molecule has 0 saturated heterocycles. The molecule has 0 bridgehead atoms. The summed E-state index contributed by atoms with van der Waals surface area (Å²) in [5.41, 5.74) is 13.9. The number of fused-ring (bicyclic) bond motifs is 3. The molecule has 14 nitrogen and oxygen atoms in total. The maximum atomic E-state index is 12.9. The predicted octanol–water partition coefficient (Wildman–Crippen LogP) is 4.76. The fourth-order valence-electron chi connectivity index (χ4n) is 11.7. The molecule has 2 heterocycles. The van der Waals surface area contributed by atoms with Gasteiger partial charge in [0.1, 0.15) is 30.1 Å². The third-order valence-corrected chi connectivity index (χ3v) is 15.0. The smallest absolute Gasteiger partial charge is 0.328 e. The molecule has 0 unspecified atom stereocenters. The van der Waals surface area contributed by atoms with Crippen molar-refractivity contribution in [3.8, 4) is 0 Å². The summed E-state index contributed by atoms with van der Waals surface area (Å²) in [5, 5.41) is 64.3. The van der Waals surface area contributed by atoms with E-state index >= 15 is 0 Å². The molecule has 7 rings (SSSR count). The van der Waals surface area contributed by atoms with E-state index < -0.39 is 47.3 Å². The summed E-state index contributed by atoms with van der Waals surface area (Å²) < 4.78 is 0. The number of aliphatic hydroxyl groups excluding tert-OH is 2. The molecule has 63 heavy (non-hydrogen) atoms. The van der Waals surface area contributed by atoms with E-state index in [9.17, 15) is 39.9 Å². The summed E-state index contributed by atoms with van der Waals surface area (Å²) in [7, 11) is 0. The number of aromatic amines is 1. The topological polar surface area (TPSA) is 257 Å². The highest BCUT2D eigenvalue weighted by molar-refractivity contribution is 5.86. The molecule has 3 aliphatic carbocycles. The summed E-state index contributed by atoms with van der Waals surface area (Å²) >= 11 is 0. The van der Waals surface area contributed by atoms with Gasteiger partial charge in [-0.2, -0.15) is 0 Å². The van der Waals surface area contributed by atoms with Gasteiger partial charge in [-0.3, -0.25) is 0 Å². The van der Waals surface area contributed by atoms with Crippen LogP contribution in [0.5, 0.6) is 0 Å². The highest BCUT2D eigenvalue weighted by Gasteiger charge is 2.61. The normalized spacial score (nSPS) is 28.2. The number of aliphatic imine (C=N–C) groups is 1. The standard InChI is InChI=1S/C49H68N6O8/c50-36(15-11-31(29-58)6-5-22-56)7-3-8-37-34(14-13-33-25-32-12-10-30(17-23-57)24-35(32)26-39(33)37)27-41(53-42-9-4-21-52-42)40(28-43(59)60)44-38-16-20-49(63,48(62)18-1-2-19-48)46(61)45(38)55-47(51)54-44/h4,9-10,12,21,23-26,28-29,31,34,36-38,41,44-46,52-53,56,61-63H,1-3,5-8,11,13-20,22,27,50H2,(H,59,60)(H3,51,54,55)/b40-28-/t31-,34-,36-,37-,38-,41-,44+,45+,46+,49-/m1/s1. The number of aryl methyl sites for hydroxylation is 1. The van der Waals surface area contributed by atoms with Crippen LogP contribution in [0, 0.1) is 17.8 Å². The molecule has 0 spiro atoms. The number of carbonyl (C=O) groups is 3. The van der Waals surface area contributed by atoms with Crippen LogP contribution < -0.4 is 22.1 Å². The lowest BCUT2D eigenvalue weighted by Crippen LogP contribution is -2.72. The summed E-state index contributed by atoms with van der Waals surface area (Å²) in [6.45, 7) is 0.0575. The molecule has 2 aromatic carbocycles. The number of nitrogens with two attached hydrogens (primary N) is 2. The SMILES string of the molecule is NC1=N[C@H](/C(=C\C(=O)O)[C@@H](C[C@H]2CCc3cc4ccc(CC=O)cc4cc3[C@@H]2CCC[C@@H](N)CC[C@H](C=O)CCCO)Nc2ccc[nH]2)[C@H]2CC[C@](O)(C3(O)CCCC3)[C@@H](O)[C@H]2N1.